The van der Waals surface area contributed by atoms with Crippen molar-refractivity contribution >= 4 is 21.9 Å². The third-order valence-corrected chi connectivity index (χ3v) is 5.38. The van der Waals surface area contributed by atoms with E-state index in [1.165, 1.54) is 11.2 Å². The highest BCUT2D eigenvalue weighted by Gasteiger charge is 2.36. The number of rotatable bonds is 6. The van der Waals surface area contributed by atoms with E-state index in [2.05, 4.69) is 5.32 Å². The molecule has 0 aromatic rings. The monoisotopic (exact) mass is 306 g/mol. The highest BCUT2D eigenvalue weighted by atomic mass is 32.2. The Kier molecular flexibility index (Phi) is 5.94. The molecule has 0 spiro atoms. The van der Waals surface area contributed by atoms with Gasteiger partial charge in [-0.05, 0) is 26.2 Å². The van der Waals surface area contributed by atoms with Crippen LogP contribution in [-0.2, 0) is 19.6 Å². The van der Waals surface area contributed by atoms with Crippen molar-refractivity contribution in [1.82, 2.24) is 9.62 Å². The van der Waals surface area contributed by atoms with Crippen molar-refractivity contribution in [1.29, 1.82) is 0 Å². The van der Waals surface area contributed by atoms with Crippen LogP contribution in [0, 0.1) is 0 Å². The molecule has 8 heteroatoms. The molecule has 0 saturated carbocycles. The van der Waals surface area contributed by atoms with E-state index >= 15 is 0 Å². The van der Waals surface area contributed by atoms with Gasteiger partial charge in [-0.2, -0.15) is 4.31 Å². The first kappa shape index (κ1) is 16.9. The highest BCUT2D eigenvalue weighted by molar-refractivity contribution is 7.89. The van der Waals surface area contributed by atoms with Crippen LogP contribution in [0.4, 0.5) is 0 Å². The second-order valence-corrected chi connectivity index (χ2v) is 7.05. The Balaban J connectivity index is 2.84. The molecule has 1 heterocycles. The van der Waals surface area contributed by atoms with Crippen LogP contribution in [0.15, 0.2) is 0 Å². The number of carbonyl (C=O) groups excluding carboxylic acids is 1. The minimum absolute atomic E-state index is 0.00522. The van der Waals surface area contributed by atoms with E-state index in [4.69, 9.17) is 5.11 Å². The van der Waals surface area contributed by atoms with Gasteiger partial charge in [-0.15, -0.1) is 0 Å². The fourth-order valence-electron chi connectivity index (χ4n) is 2.25. The largest absolute Gasteiger partial charge is 0.480 e. The molecular formula is C12H22N2O5S. The summed E-state index contributed by atoms with van der Waals surface area (Å²) in [6, 6.07) is -1.82. The molecule has 1 saturated heterocycles. The van der Waals surface area contributed by atoms with E-state index < -0.39 is 34.0 Å². The molecule has 1 aliphatic rings. The fourth-order valence-corrected chi connectivity index (χ4v) is 3.99. The minimum atomic E-state index is -3.46. The van der Waals surface area contributed by atoms with Crippen molar-refractivity contribution in [2.75, 3.05) is 12.3 Å². The lowest BCUT2D eigenvalue weighted by Gasteiger charge is -2.34. The van der Waals surface area contributed by atoms with Gasteiger partial charge in [0, 0.05) is 6.54 Å². The topological polar surface area (TPSA) is 104 Å². The van der Waals surface area contributed by atoms with Gasteiger partial charge in [0.05, 0.1) is 5.75 Å². The highest BCUT2D eigenvalue weighted by Crippen LogP contribution is 2.21. The van der Waals surface area contributed by atoms with Crippen molar-refractivity contribution < 1.29 is 23.1 Å². The Hall–Kier alpha value is -1.15. The van der Waals surface area contributed by atoms with Crippen LogP contribution < -0.4 is 5.32 Å². The number of piperidine rings is 1. The zero-order valence-electron chi connectivity index (χ0n) is 11.8. The normalized spacial score (nSPS) is 22.2. The van der Waals surface area contributed by atoms with Gasteiger partial charge in [0.15, 0.2) is 0 Å². The third-order valence-electron chi connectivity index (χ3n) is 3.30. The number of carboxylic acids is 1. The molecule has 1 aliphatic heterocycles. The zero-order chi connectivity index (χ0) is 15.3. The number of sulfonamides is 1. The zero-order valence-corrected chi connectivity index (χ0v) is 12.6. The lowest BCUT2D eigenvalue weighted by atomic mass is 10.0. The Morgan fingerprint density at radius 2 is 2.05 bits per heavy atom. The predicted octanol–water partition coefficient (Wildman–Crippen LogP) is 0.170. The molecule has 2 atom stereocenters. The predicted molar refractivity (Wildman–Crippen MR) is 73.7 cm³/mol. The van der Waals surface area contributed by atoms with Crippen molar-refractivity contribution in [3.63, 3.8) is 0 Å². The molecule has 0 aliphatic carbocycles. The summed E-state index contributed by atoms with van der Waals surface area (Å²) >= 11 is 0. The number of nitrogens with one attached hydrogen (secondary N) is 1. The summed E-state index contributed by atoms with van der Waals surface area (Å²) in [6.07, 6.45) is 2.40. The molecule has 7 nitrogen and oxygen atoms in total. The SMILES string of the molecule is CCCS(=O)(=O)N1CCCCC1C(=O)N[C@@H](C)C(=O)O. The summed E-state index contributed by atoms with van der Waals surface area (Å²) in [6.45, 7) is 3.44. The summed E-state index contributed by atoms with van der Waals surface area (Å²) in [5, 5.41) is 11.1. The number of hydrogen-bond donors (Lipinski definition) is 2. The lowest BCUT2D eigenvalue weighted by Crippen LogP contribution is -2.54. The van der Waals surface area contributed by atoms with Crippen LogP contribution >= 0.6 is 0 Å². The molecule has 0 aromatic carbocycles. The third kappa shape index (κ3) is 4.17. The van der Waals surface area contributed by atoms with Gasteiger partial charge in [0.25, 0.3) is 0 Å². The summed E-state index contributed by atoms with van der Waals surface area (Å²) in [4.78, 5) is 22.8. The average molecular weight is 306 g/mol. The molecule has 1 fully saturated rings. The fraction of sp³-hybridized carbons (Fsp3) is 0.833. The molecule has 1 rings (SSSR count). The van der Waals surface area contributed by atoms with Crippen LogP contribution in [-0.4, -0.2) is 54.1 Å². The van der Waals surface area contributed by atoms with Crippen molar-refractivity contribution in [3.05, 3.63) is 0 Å². The standard InChI is InChI=1S/C12H22N2O5S/c1-3-8-20(18,19)14-7-5-4-6-10(14)11(15)13-9(2)12(16)17/h9-10H,3-8H2,1-2H3,(H,13,15)(H,16,17)/t9-,10?/m0/s1. The molecule has 0 bridgehead atoms. The number of carbonyl (C=O) groups is 2. The molecule has 116 valence electrons. The van der Waals surface area contributed by atoms with Crippen LogP contribution in [0.3, 0.4) is 0 Å². The van der Waals surface area contributed by atoms with E-state index in [1.54, 1.807) is 6.92 Å². The Bertz CT molecular complexity index is 462. The van der Waals surface area contributed by atoms with E-state index in [9.17, 15) is 18.0 Å². The number of aliphatic carboxylic acids is 1. The van der Waals surface area contributed by atoms with E-state index in [1.807, 2.05) is 0 Å². The van der Waals surface area contributed by atoms with Gasteiger partial charge in [-0.25, -0.2) is 8.42 Å². The summed E-state index contributed by atoms with van der Waals surface area (Å²) in [7, 11) is -3.46. The lowest BCUT2D eigenvalue weighted by molar-refractivity contribution is -0.142. The first-order valence-electron chi connectivity index (χ1n) is 6.82. The van der Waals surface area contributed by atoms with Gasteiger partial charge in [0.1, 0.15) is 12.1 Å². The van der Waals surface area contributed by atoms with Gasteiger partial charge < -0.3 is 10.4 Å². The number of nitrogens with zero attached hydrogens (tertiary/aromatic N) is 1. The van der Waals surface area contributed by atoms with Crippen molar-refractivity contribution in [2.24, 2.45) is 0 Å². The first-order chi connectivity index (χ1) is 9.29. The molecule has 20 heavy (non-hydrogen) atoms. The van der Waals surface area contributed by atoms with Crippen molar-refractivity contribution in [2.45, 2.75) is 51.6 Å². The van der Waals surface area contributed by atoms with Gasteiger partial charge in [-0.3, -0.25) is 9.59 Å². The molecule has 1 amide bonds. The van der Waals surface area contributed by atoms with E-state index in [-0.39, 0.29) is 5.75 Å². The van der Waals surface area contributed by atoms with Gasteiger partial charge in [-0.1, -0.05) is 13.3 Å². The average Bonchev–Trinajstić information content (AvgIpc) is 2.38. The van der Waals surface area contributed by atoms with Crippen LogP contribution in [0.2, 0.25) is 0 Å². The second-order valence-electron chi connectivity index (χ2n) is 5.01. The van der Waals surface area contributed by atoms with Crippen LogP contribution in [0.5, 0.6) is 0 Å². The molecule has 0 radical (unpaired) electrons. The Labute approximate surface area is 119 Å². The Morgan fingerprint density at radius 1 is 1.40 bits per heavy atom. The van der Waals surface area contributed by atoms with Crippen molar-refractivity contribution in [3.8, 4) is 0 Å². The molecular weight excluding hydrogens is 284 g/mol. The van der Waals surface area contributed by atoms with Crippen LogP contribution in [0.25, 0.3) is 0 Å². The van der Waals surface area contributed by atoms with Gasteiger partial charge in [0.2, 0.25) is 15.9 Å². The number of hydrogen-bond acceptors (Lipinski definition) is 4. The Morgan fingerprint density at radius 3 is 2.60 bits per heavy atom. The number of amides is 1. The summed E-state index contributed by atoms with van der Waals surface area (Å²) in [5.41, 5.74) is 0. The van der Waals surface area contributed by atoms with Gasteiger partial charge >= 0.3 is 5.97 Å². The molecule has 1 unspecified atom stereocenters. The summed E-state index contributed by atoms with van der Waals surface area (Å²) in [5.74, 6) is -1.66. The van der Waals surface area contributed by atoms with Crippen LogP contribution in [0.1, 0.15) is 39.5 Å². The first-order valence-corrected chi connectivity index (χ1v) is 8.43. The second kappa shape index (κ2) is 7.03. The minimum Gasteiger partial charge on any atom is -0.480 e. The van der Waals surface area contributed by atoms with E-state index in [0.717, 1.165) is 12.8 Å². The maximum absolute atomic E-state index is 12.1. The van der Waals surface area contributed by atoms with E-state index in [0.29, 0.717) is 19.4 Å². The maximum atomic E-state index is 12.1. The summed E-state index contributed by atoms with van der Waals surface area (Å²) < 4.78 is 25.5. The molecule has 2 N–H and O–H groups in total. The number of carboxylic acid groups (broad SMARTS) is 1. The smallest absolute Gasteiger partial charge is 0.325 e. The quantitative estimate of drug-likeness (QED) is 0.728. The molecule has 0 aromatic heterocycles. The maximum Gasteiger partial charge on any atom is 0.325 e.